The van der Waals surface area contributed by atoms with E-state index in [4.69, 9.17) is 4.42 Å². The predicted octanol–water partition coefficient (Wildman–Crippen LogP) is 3.78. The lowest BCUT2D eigenvalue weighted by Gasteiger charge is -2.05. The average Bonchev–Trinajstić information content (AvgIpc) is 3.24. The van der Waals surface area contributed by atoms with Gasteiger partial charge in [-0.25, -0.2) is 13.4 Å². The zero-order valence-electron chi connectivity index (χ0n) is 17.3. The van der Waals surface area contributed by atoms with Gasteiger partial charge in [-0.2, -0.15) is 0 Å². The number of hydrogen-bond donors (Lipinski definition) is 1. The van der Waals surface area contributed by atoms with E-state index in [2.05, 4.69) is 25.5 Å². The summed E-state index contributed by atoms with van der Waals surface area (Å²) in [5, 5.41) is 11.4. The van der Waals surface area contributed by atoms with Gasteiger partial charge < -0.3 is 9.73 Å². The third-order valence-electron chi connectivity index (χ3n) is 4.74. The van der Waals surface area contributed by atoms with Crippen molar-refractivity contribution >= 4 is 9.84 Å². The Morgan fingerprint density at radius 3 is 2.26 bits per heavy atom. The number of aryl methyl sites for hydroxylation is 1. The van der Waals surface area contributed by atoms with Crippen molar-refractivity contribution in [1.29, 1.82) is 0 Å². The topological polar surface area (TPSA) is 111 Å². The first-order valence-corrected chi connectivity index (χ1v) is 11.5. The number of aromatic nitrogens is 4. The lowest BCUT2D eigenvalue weighted by atomic mass is 10.1. The van der Waals surface area contributed by atoms with Gasteiger partial charge in [-0.1, -0.05) is 24.3 Å². The molecule has 0 amide bonds. The molecule has 0 radical (unpaired) electrons. The second-order valence-corrected chi connectivity index (χ2v) is 9.14. The van der Waals surface area contributed by atoms with Crippen LogP contribution in [0.3, 0.4) is 0 Å². The quantitative estimate of drug-likeness (QED) is 0.483. The van der Waals surface area contributed by atoms with Gasteiger partial charge in [-0.05, 0) is 43.8 Å². The molecule has 0 atom stereocenters. The second kappa shape index (κ2) is 8.37. The maximum Gasteiger partial charge on any atom is 0.268 e. The number of nitrogens with zero attached hydrogens (tertiary/aromatic N) is 4. The molecule has 0 aliphatic rings. The summed E-state index contributed by atoms with van der Waals surface area (Å²) in [7, 11) is -1.36. The van der Waals surface area contributed by atoms with Crippen molar-refractivity contribution < 1.29 is 15.7 Å². The first-order chi connectivity index (χ1) is 14.8. The Kier molecular flexibility index (Phi) is 5.62. The van der Waals surface area contributed by atoms with Gasteiger partial charge in [0.05, 0.1) is 22.5 Å². The van der Waals surface area contributed by atoms with Gasteiger partial charge in [0.25, 0.3) is 5.89 Å². The Morgan fingerprint density at radius 2 is 1.61 bits per heavy atom. The van der Waals surface area contributed by atoms with Crippen LogP contribution >= 0.6 is 0 Å². The standard InChI is InChI=1S/C22H21N5O3S.2H2/c1-14-20(22-27-26-21(30-22)17-6-4-15(5-7-17)12-23-2)25-19(13-24-14)16-8-10-18(11-9-16)31(3,28)29;;/h4-11,13,23H,12H2,1-3H3;2*1H. The number of hydrogen-bond acceptors (Lipinski definition) is 8. The summed E-state index contributed by atoms with van der Waals surface area (Å²) < 4.78 is 29.2. The van der Waals surface area contributed by atoms with Gasteiger partial charge in [0.1, 0.15) is 5.69 Å². The van der Waals surface area contributed by atoms with Gasteiger partial charge in [0.2, 0.25) is 5.89 Å². The van der Waals surface area contributed by atoms with E-state index < -0.39 is 9.84 Å². The van der Waals surface area contributed by atoms with E-state index in [1.54, 1.807) is 30.5 Å². The van der Waals surface area contributed by atoms with E-state index in [-0.39, 0.29) is 13.6 Å². The van der Waals surface area contributed by atoms with E-state index >= 15 is 0 Å². The molecule has 31 heavy (non-hydrogen) atoms. The molecule has 0 saturated carbocycles. The van der Waals surface area contributed by atoms with E-state index in [0.29, 0.717) is 23.0 Å². The Balaban J connectivity index is 0.00000193. The lowest BCUT2D eigenvalue weighted by Crippen LogP contribution is -2.04. The SMILES string of the molecule is CNCc1ccc(-c2nnc(-c3nc(-c4ccc(S(C)(=O)=O)cc4)cnc3C)o2)cc1.[HH].[HH]. The minimum atomic E-state index is -3.26. The fourth-order valence-corrected chi connectivity index (χ4v) is 3.70. The Hall–Kier alpha value is -3.43. The summed E-state index contributed by atoms with van der Waals surface area (Å²) in [5.41, 5.74) is 4.42. The first-order valence-electron chi connectivity index (χ1n) is 9.57. The molecule has 0 saturated heterocycles. The van der Waals surface area contributed by atoms with E-state index in [1.165, 1.54) is 6.26 Å². The molecule has 4 rings (SSSR count). The third kappa shape index (κ3) is 4.52. The van der Waals surface area contributed by atoms with Crippen molar-refractivity contribution in [3.63, 3.8) is 0 Å². The molecule has 9 heteroatoms. The fourth-order valence-electron chi connectivity index (χ4n) is 3.07. The maximum absolute atomic E-state index is 11.7. The van der Waals surface area contributed by atoms with Gasteiger partial charge in [0, 0.05) is 26.8 Å². The molecule has 0 bridgehead atoms. The second-order valence-electron chi connectivity index (χ2n) is 7.13. The van der Waals surface area contributed by atoms with Crippen LogP contribution in [0.4, 0.5) is 0 Å². The van der Waals surface area contributed by atoms with Crippen molar-refractivity contribution in [2.75, 3.05) is 13.3 Å². The summed E-state index contributed by atoms with van der Waals surface area (Å²) >= 11 is 0. The van der Waals surface area contributed by atoms with Crippen LogP contribution in [-0.4, -0.2) is 41.9 Å². The maximum atomic E-state index is 11.7. The number of rotatable bonds is 6. The fraction of sp³-hybridized carbons (Fsp3) is 0.182. The van der Waals surface area contributed by atoms with Crippen molar-refractivity contribution in [2.24, 2.45) is 0 Å². The van der Waals surface area contributed by atoms with Crippen LogP contribution in [0.15, 0.2) is 64.0 Å². The zero-order chi connectivity index (χ0) is 22.0. The van der Waals surface area contributed by atoms with Crippen LogP contribution in [0.5, 0.6) is 0 Å². The highest BCUT2D eigenvalue weighted by molar-refractivity contribution is 7.90. The highest BCUT2D eigenvalue weighted by atomic mass is 32.2. The van der Waals surface area contributed by atoms with Crippen molar-refractivity contribution in [3.8, 4) is 34.3 Å². The summed E-state index contributed by atoms with van der Waals surface area (Å²) in [5.74, 6) is 0.670. The van der Waals surface area contributed by atoms with Gasteiger partial charge in [-0.15, -0.1) is 10.2 Å². The lowest BCUT2D eigenvalue weighted by molar-refractivity contribution is 0.581. The highest BCUT2D eigenvalue weighted by Gasteiger charge is 2.16. The molecular formula is C22H25N5O3S. The minimum absolute atomic E-state index is 0. The van der Waals surface area contributed by atoms with Gasteiger partial charge >= 0.3 is 0 Å². The molecule has 0 spiro atoms. The number of benzene rings is 2. The van der Waals surface area contributed by atoms with E-state index in [9.17, 15) is 8.42 Å². The molecule has 162 valence electrons. The van der Waals surface area contributed by atoms with Crippen LogP contribution in [0, 0.1) is 6.92 Å². The van der Waals surface area contributed by atoms with Gasteiger partial charge in [0.15, 0.2) is 9.84 Å². The molecule has 2 heterocycles. The molecular weight excluding hydrogens is 414 g/mol. The van der Waals surface area contributed by atoms with Crippen molar-refractivity contribution in [2.45, 2.75) is 18.4 Å². The highest BCUT2D eigenvalue weighted by Crippen LogP contribution is 2.27. The Morgan fingerprint density at radius 1 is 0.968 bits per heavy atom. The Bertz CT molecular complexity index is 1330. The van der Waals surface area contributed by atoms with Crippen molar-refractivity contribution in [3.05, 3.63) is 66.0 Å². The van der Waals surface area contributed by atoms with E-state index in [1.807, 2.05) is 38.2 Å². The number of nitrogens with one attached hydrogen (secondary N) is 1. The van der Waals surface area contributed by atoms with Crippen LogP contribution in [0.1, 0.15) is 14.1 Å². The molecule has 4 aromatic rings. The average molecular weight is 440 g/mol. The van der Waals surface area contributed by atoms with Crippen LogP contribution in [0.25, 0.3) is 34.3 Å². The molecule has 0 aliphatic heterocycles. The minimum Gasteiger partial charge on any atom is -0.415 e. The largest absolute Gasteiger partial charge is 0.415 e. The third-order valence-corrected chi connectivity index (χ3v) is 5.87. The first kappa shape index (κ1) is 20.8. The number of sulfone groups is 1. The van der Waals surface area contributed by atoms with Gasteiger partial charge in [-0.3, -0.25) is 4.98 Å². The van der Waals surface area contributed by atoms with Crippen LogP contribution in [0.2, 0.25) is 0 Å². The Labute approximate surface area is 183 Å². The summed E-state index contributed by atoms with van der Waals surface area (Å²) in [6.45, 7) is 2.59. The van der Waals surface area contributed by atoms with Crippen LogP contribution < -0.4 is 5.32 Å². The predicted molar refractivity (Wildman–Crippen MR) is 121 cm³/mol. The molecule has 0 unspecified atom stereocenters. The van der Waals surface area contributed by atoms with Crippen LogP contribution in [-0.2, 0) is 16.4 Å². The summed E-state index contributed by atoms with van der Waals surface area (Å²) in [4.78, 5) is 9.28. The molecule has 1 N–H and O–H groups in total. The normalized spacial score (nSPS) is 11.6. The van der Waals surface area contributed by atoms with Crippen molar-refractivity contribution in [1.82, 2.24) is 25.5 Å². The zero-order valence-corrected chi connectivity index (χ0v) is 18.1. The molecule has 0 aliphatic carbocycles. The van der Waals surface area contributed by atoms with E-state index in [0.717, 1.165) is 23.2 Å². The molecule has 2 aromatic carbocycles. The molecule has 0 fully saturated rings. The smallest absolute Gasteiger partial charge is 0.268 e. The summed E-state index contributed by atoms with van der Waals surface area (Å²) in [6.07, 6.45) is 2.80. The molecule has 8 nitrogen and oxygen atoms in total. The summed E-state index contributed by atoms with van der Waals surface area (Å²) in [6, 6.07) is 14.4. The monoisotopic (exact) mass is 439 g/mol. The molecule has 2 aromatic heterocycles.